The Hall–Kier alpha value is -0.400. The third-order valence-electron chi connectivity index (χ3n) is 3.18. The molecule has 0 unspecified atom stereocenters. The van der Waals surface area contributed by atoms with E-state index in [9.17, 15) is 8.42 Å². The largest absolute Gasteiger partial charge is 0.357 e. The summed E-state index contributed by atoms with van der Waals surface area (Å²) in [5.74, 6) is 0.743. The molecule has 11 heteroatoms. The van der Waals surface area contributed by atoms with Gasteiger partial charge in [-0.25, -0.2) is 13.1 Å². The number of hydrogen-bond donors (Lipinski definition) is 2. The van der Waals surface area contributed by atoms with Gasteiger partial charge in [0.15, 0.2) is 5.96 Å². The van der Waals surface area contributed by atoms with Crippen molar-refractivity contribution in [2.45, 2.75) is 17.7 Å². The molecule has 2 rings (SSSR count). The number of aliphatic imine (C=N–C) groups is 1. The van der Waals surface area contributed by atoms with Crippen molar-refractivity contribution in [3.05, 3.63) is 38.9 Å². The Labute approximate surface area is 184 Å². The molecule has 2 aromatic heterocycles. The van der Waals surface area contributed by atoms with Gasteiger partial charge in [-0.2, -0.15) is 11.3 Å². The van der Waals surface area contributed by atoms with Crippen molar-refractivity contribution in [1.82, 2.24) is 14.9 Å². The van der Waals surface area contributed by atoms with Crippen molar-refractivity contribution >= 4 is 74.2 Å². The minimum Gasteiger partial charge on any atom is -0.357 e. The number of thiophene rings is 2. The van der Waals surface area contributed by atoms with E-state index in [1.807, 2.05) is 24.3 Å². The first-order valence-corrected chi connectivity index (χ1v) is 11.3. The van der Waals surface area contributed by atoms with Crippen LogP contribution in [0.4, 0.5) is 0 Å². The third-order valence-corrected chi connectivity index (χ3v) is 7.09. The number of hydrogen-bond acceptors (Lipinski definition) is 5. The van der Waals surface area contributed by atoms with Gasteiger partial charge in [0.25, 0.3) is 0 Å². The molecule has 0 saturated carbocycles. The van der Waals surface area contributed by atoms with Crippen LogP contribution >= 0.6 is 58.3 Å². The van der Waals surface area contributed by atoms with E-state index < -0.39 is 10.0 Å². The highest BCUT2D eigenvalue weighted by atomic mass is 127. The van der Waals surface area contributed by atoms with Crippen molar-refractivity contribution in [3.63, 3.8) is 0 Å². The van der Waals surface area contributed by atoms with Crippen LogP contribution in [0.15, 0.2) is 38.2 Å². The number of nitrogens with zero attached hydrogens (tertiary/aromatic N) is 2. The second kappa shape index (κ2) is 11.4. The summed E-state index contributed by atoms with van der Waals surface area (Å²) < 4.78 is 27.5. The topological polar surface area (TPSA) is 73.8 Å². The molecular formula is C15H22ClIN4O2S3. The lowest BCUT2D eigenvalue weighted by atomic mass is 10.3. The fraction of sp³-hybridized carbons (Fsp3) is 0.400. The van der Waals surface area contributed by atoms with Gasteiger partial charge in [0.2, 0.25) is 10.0 Å². The number of sulfonamides is 1. The molecular weight excluding hydrogens is 527 g/mol. The van der Waals surface area contributed by atoms with Crippen molar-refractivity contribution in [2.75, 3.05) is 26.7 Å². The Balaban J connectivity index is 0.00000338. The summed E-state index contributed by atoms with van der Waals surface area (Å²) in [6.07, 6.45) is 0. The number of nitrogens with one attached hydrogen (secondary N) is 2. The Morgan fingerprint density at radius 3 is 2.69 bits per heavy atom. The van der Waals surface area contributed by atoms with Crippen LogP contribution in [0, 0.1) is 0 Å². The van der Waals surface area contributed by atoms with Gasteiger partial charge in [-0.1, -0.05) is 11.6 Å². The Kier molecular flexibility index (Phi) is 10.4. The van der Waals surface area contributed by atoms with E-state index in [2.05, 4.69) is 26.5 Å². The van der Waals surface area contributed by atoms with Crippen LogP contribution in [-0.2, 0) is 16.6 Å². The Morgan fingerprint density at radius 1 is 1.35 bits per heavy atom. The van der Waals surface area contributed by atoms with E-state index in [0.29, 0.717) is 10.9 Å². The zero-order chi connectivity index (χ0) is 18.3. The lowest BCUT2D eigenvalue weighted by Crippen LogP contribution is -2.39. The molecule has 0 spiro atoms. The van der Waals surface area contributed by atoms with Crippen molar-refractivity contribution < 1.29 is 8.42 Å². The molecule has 2 heterocycles. The molecule has 6 nitrogen and oxygen atoms in total. The highest BCUT2D eigenvalue weighted by Gasteiger charge is 2.15. The summed E-state index contributed by atoms with van der Waals surface area (Å²) in [4.78, 5) is 6.49. The summed E-state index contributed by atoms with van der Waals surface area (Å²) in [7, 11) is -1.57. The molecule has 0 aliphatic heterocycles. The molecule has 26 heavy (non-hydrogen) atoms. The first-order valence-electron chi connectivity index (χ1n) is 7.68. The minimum absolute atomic E-state index is 0. The van der Waals surface area contributed by atoms with E-state index in [-0.39, 0.29) is 34.7 Å². The zero-order valence-electron chi connectivity index (χ0n) is 14.4. The molecule has 2 N–H and O–H groups in total. The number of halogens is 2. The molecule has 0 atom stereocenters. The summed E-state index contributed by atoms with van der Waals surface area (Å²) in [5, 5.41) is 7.35. The molecule has 0 aliphatic carbocycles. The first kappa shape index (κ1) is 23.6. The van der Waals surface area contributed by atoms with Crippen LogP contribution < -0.4 is 10.0 Å². The van der Waals surface area contributed by atoms with E-state index >= 15 is 0 Å². The highest BCUT2D eigenvalue weighted by molar-refractivity contribution is 14.0. The minimum atomic E-state index is -3.53. The van der Waals surface area contributed by atoms with Gasteiger partial charge in [-0.15, -0.1) is 35.3 Å². The normalized spacial score (nSPS) is 11.9. The molecule has 0 bridgehead atoms. The molecule has 0 fully saturated rings. The monoisotopic (exact) mass is 548 g/mol. The van der Waals surface area contributed by atoms with Crippen molar-refractivity contribution in [2.24, 2.45) is 4.99 Å². The molecule has 2 aromatic rings. The predicted octanol–water partition coefficient (Wildman–Crippen LogP) is 3.46. The van der Waals surface area contributed by atoms with Crippen LogP contribution in [0.2, 0.25) is 4.34 Å². The zero-order valence-corrected chi connectivity index (χ0v) is 20.0. The summed E-state index contributed by atoms with van der Waals surface area (Å²) >= 11 is 8.48. The maximum atomic E-state index is 12.1. The quantitative estimate of drug-likeness (QED) is 0.229. The van der Waals surface area contributed by atoms with Gasteiger partial charge in [-0.05, 0) is 41.4 Å². The SMILES string of the molecule is CCNC(=NCCNS(=O)(=O)c1ccc(Cl)s1)N(C)Cc1ccsc1.I. The second-order valence-corrected chi connectivity index (χ2v) is 9.67. The maximum absolute atomic E-state index is 12.1. The maximum Gasteiger partial charge on any atom is 0.250 e. The number of rotatable bonds is 8. The molecule has 0 saturated heterocycles. The van der Waals surface area contributed by atoms with E-state index in [1.54, 1.807) is 17.4 Å². The fourth-order valence-corrected chi connectivity index (χ4v) is 5.26. The van der Waals surface area contributed by atoms with Crippen molar-refractivity contribution in [3.8, 4) is 0 Å². The summed E-state index contributed by atoms with van der Waals surface area (Å²) in [6, 6.07) is 5.14. The number of guanidine groups is 1. The van der Waals surface area contributed by atoms with Gasteiger partial charge in [0.05, 0.1) is 10.9 Å². The molecule has 146 valence electrons. The molecule has 0 radical (unpaired) electrons. The molecule has 0 aliphatic rings. The van der Waals surface area contributed by atoms with E-state index in [1.165, 1.54) is 11.6 Å². The standard InChI is InChI=1S/C15H21ClN4O2S3.HI/c1-3-17-15(20(2)10-12-6-9-23-11-12)18-7-8-19-25(21,22)14-5-4-13(16)24-14;/h4-6,9,11,19H,3,7-8,10H2,1-2H3,(H,17,18);1H. The predicted molar refractivity (Wildman–Crippen MR) is 122 cm³/mol. The van der Waals surface area contributed by atoms with E-state index in [4.69, 9.17) is 11.6 Å². The smallest absolute Gasteiger partial charge is 0.250 e. The average Bonchev–Trinajstić information content (AvgIpc) is 3.22. The second-order valence-electron chi connectivity index (χ2n) is 5.18. The highest BCUT2D eigenvalue weighted by Crippen LogP contribution is 2.25. The summed E-state index contributed by atoms with van der Waals surface area (Å²) in [6.45, 7) is 4.05. The van der Waals surface area contributed by atoms with E-state index in [0.717, 1.165) is 30.4 Å². The van der Waals surface area contributed by atoms with Gasteiger partial charge >= 0.3 is 0 Å². The van der Waals surface area contributed by atoms with Crippen molar-refractivity contribution in [1.29, 1.82) is 0 Å². The summed E-state index contributed by atoms with van der Waals surface area (Å²) in [5.41, 5.74) is 1.22. The van der Waals surface area contributed by atoms with Gasteiger partial charge in [-0.3, -0.25) is 4.99 Å². The molecule has 0 amide bonds. The van der Waals surface area contributed by atoms with Crippen LogP contribution in [0.3, 0.4) is 0 Å². The Morgan fingerprint density at radius 2 is 2.12 bits per heavy atom. The van der Waals surface area contributed by atoms with Crippen LogP contribution in [-0.4, -0.2) is 46.0 Å². The fourth-order valence-electron chi connectivity index (χ4n) is 2.06. The van der Waals surface area contributed by atoms with Gasteiger partial charge < -0.3 is 10.2 Å². The lowest BCUT2D eigenvalue weighted by molar-refractivity contribution is 0.477. The average molecular weight is 549 g/mol. The molecule has 0 aromatic carbocycles. The third kappa shape index (κ3) is 7.31. The van der Waals surface area contributed by atoms with Gasteiger partial charge in [0, 0.05) is 26.7 Å². The van der Waals surface area contributed by atoms with Crippen LogP contribution in [0.5, 0.6) is 0 Å². The first-order chi connectivity index (χ1) is 11.9. The van der Waals surface area contributed by atoms with Gasteiger partial charge in [0.1, 0.15) is 4.21 Å². The van der Waals surface area contributed by atoms with Crippen LogP contribution in [0.1, 0.15) is 12.5 Å². The van der Waals surface area contributed by atoms with Crippen LogP contribution in [0.25, 0.3) is 0 Å². The Bertz CT molecular complexity index is 794. The lowest BCUT2D eigenvalue weighted by Gasteiger charge is -2.21.